The van der Waals surface area contributed by atoms with Crippen LogP contribution in [0.4, 0.5) is 0 Å². The lowest BCUT2D eigenvalue weighted by Gasteiger charge is -2.10. The van der Waals surface area contributed by atoms with Gasteiger partial charge in [-0.2, -0.15) is 0 Å². The molecule has 2 N–H and O–H groups in total. The third kappa shape index (κ3) is 5.07. The number of carboxylic acid groups (broad SMARTS) is 1. The minimum Gasteiger partial charge on any atom is -0.496 e. The minimum absolute atomic E-state index is 0.0606. The molecule has 0 bridgehead atoms. The van der Waals surface area contributed by atoms with Gasteiger partial charge in [-0.1, -0.05) is 11.6 Å². The second kappa shape index (κ2) is 7.64. The second-order valence-electron chi connectivity index (χ2n) is 4.40. The Balaban J connectivity index is 2.64. The van der Waals surface area contributed by atoms with Crippen molar-refractivity contribution >= 4 is 29.3 Å². The fraction of sp³-hybridized carbons (Fsp3) is 0.357. The molecule has 1 unspecified atom stereocenters. The Kier molecular flexibility index (Phi) is 6.17. The summed E-state index contributed by atoms with van der Waals surface area (Å²) in [6.07, 6.45) is -0.166. The summed E-state index contributed by atoms with van der Waals surface area (Å²) in [5.41, 5.74) is 0.295. The Labute approximate surface area is 127 Å². The fourth-order valence-corrected chi connectivity index (χ4v) is 1.81. The van der Waals surface area contributed by atoms with Gasteiger partial charge in [-0.3, -0.25) is 14.4 Å². The van der Waals surface area contributed by atoms with Crippen LogP contribution in [-0.2, 0) is 9.59 Å². The van der Waals surface area contributed by atoms with E-state index in [-0.39, 0.29) is 18.6 Å². The van der Waals surface area contributed by atoms with E-state index in [9.17, 15) is 14.4 Å². The zero-order valence-corrected chi connectivity index (χ0v) is 12.4. The first-order chi connectivity index (χ1) is 9.85. The van der Waals surface area contributed by atoms with Gasteiger partial charge in [-0.15, -0.1) is 0 Å². The van der Waals surface area contributed by atoms with Crippen molar-refractivity contribution in [3.63, 3.8) is 0 Å². The number of aliphatic carboxylic acids is 1. The zero-order valence-electron chi connectivity index (χ0n) is 11.7. The average molecular weight is 314 g/mol. The van der Waals surface area contributed by atoms with Crippen LogP contribution in [-0.4, -0.2) is 35.9 Å². The summed E-state index contributed by atoms with van der Waals surface area (Å²) in [5, 5.41) is 11.3. The Morgan fingerprint density at radius 3 is 2.57 bits per heavy atom. The molecule has 0 heterocycles. The van der Waals surface area contributed by atoms with E-state index < -0.39 is 17.9 Å². The van der Waals surface area contributed by atoms with Crippen molar-refractivity contribution in [2.75, 3.05) is 7.11 Å². The smallest absolute Gasteiger partial charge is 0.325 e. The molecular weight excluding hydrogens is 298 g/mol. The van der Waals surface area contributed by atoms with E-state index in [2.05, 4.69) is 5.32 Å². The van der Waals surface area contributed by atoms with Crippen LogP contribution in [0.3, 0.4) is 0 Å². The molecule has 21 heavy (non-hydrogen) atoms. The maximum Gasteiger partial charge on any atom is 0.325 e. The lowest BCUT2D eigenvalue weighted by atomic mass is 10.1. The highest BCUT2D eigenvalue weighted by molar-refractivity contribution is 6.31. The van der Waals surface area contributed by atoms with Crippen molar-refractivity contribution in [2.45, 2.75) is 25.8 Å². The van der Waals surface area contributed by atoms with Crippen LogP contribution in [0.2, 0.25) is 5.02 Å². The van der Waals surface area contributed by atoms with Crippen molar-refractivity contribution in [1.82, 2.24) is 5.32 Å². The number of halogens is 1. The van der Waals surface area contributed by atoms with E-state index in [1.807, 2.05) is 0 Å². The minimum atomic E-state index is -1.13. The van der Waals surface area contributed by atoms with Crippen molar-refractivity contribution in [3.8, 4) is 5.75 Å². The largest absolute Gasteiger partial charge is 0.496 e. The second-order valence-corrected chi connectivity index (χ2v) is 4.83. The van der Waals surface area contributed by atoms with Crippen LogP contribution in [0.5, 0.6) is 5.75 Å². The molecule has 1 rings (SSSR count). The number of benzene rings is 1. The van der Waals surface area contributed by atoms with Gasteiger partial charge in [-0.25, -0.2) is 0 Å². The number of carboxylic acids is 1. The Bertz CT molecular complexity index is 558. The first kappa shape index (κ1) is 17.0. The third-order valence-electron chi connectivity index (χ3n) is 2.79. The molecule has 0 fully saturated rings. The van der Waals surface area contributed by atoms with Gasteiger partial charge in [0.1, 0.15) is 11.8 Å². The predicted octanol–water partition coefficient (Wildman–Crippen LogP) is 1.90. The molecule has 1 atom stereocenters. The first-order valence-electron chi connectivity index (χ1n) is 6.24. The molecule has 0 aliphatic heterocycles. The van der Waals surface area contributed by atoms with Gasteiger partial charge in [0, 0.05) is 17.9 Å². The van der Waals surface area contributed by atoms with Crippen molar-refractivity contribution in [3.05, 3.63) is 28.8 Å². The number of rotatable bonds is 7. The van der Waals surface area contributed by atoms with Crippen LogP contribution in [0, 0.1) is 0 Å². The summed E-state index contributed by atoms with van der Waals surface area (Å²) in [7, 11) is 1.43. The molecule has 0 aromatic heterocycles. The summed E-state index contributed by atoms with van der Waals surface area (Å²) in [6.45, 7) is 1.35. The third-order valence-corrected chi connectivity index (χ3v) is 3.02. The molecule has 0 saturated carbocycles. The van der Waals surface area contributed by atoms with Crippen molar-refractivity contribution in [2.24, 2.45) is 0 Å². The number of nitrogens with one attached hydrogen (secondary N) is 1. The molecule has 1 aromatic carbocycles. The predicted molar refractivity (Wildman–Crippen MR) is 76.8 cm³/mol. The molecule has 0 spiro atoms. The quantitative estimate of drug-likeness (QED) is 0.750. The van der Waals surface area contributed by atoms with E-state index in [4.69, 9.17) is 21.4 Å². The van der Waals surface area contributed by atoms with E-state index in [1.54, 1.807) is 12.1 Å². The molecule has 0 aliphatic rings. The number of ether oxygens (including phenoxy) is 1. The molecule has 0 aliphatic carbocycles. The van der Waals surface area contributed by atoms with Gasteiger partial charge in [0.15, 0.2) is 5.78 Å². The highest BCUT2D eigenvalue weighted by Crippen LogP contribution is 2.24. The highest BCUT2D eigenvalue weighted by Gasteiger charge is 2.17. The summed E-state index contributed by atoms with van der Waals surface area (Å²) in [6, 6.07) is 3.65. The van der Waals surface area contributed by atoms with E-state index >= 15 is 0 Å². The number of carbonyl (C=O) groups excluding carboxylic acids is 2. The van der Waals surface area contributed by atoms with Gasteiger partial charge in [0.05, 0.1) is 12.7 Å². The average Bonchev–Trinajstić information content (AvgIpc) is 2.44. The number of Topliss-reactive ketones (excluding diaryl/α,β-unsaturated/α-hetero) is 1. The lowest BCUT2D eigenvalue weighted by molar-refractivity contribution is -0.141. The molecule has 0 radical (unpaired) electrons. The molecule has 7 heteroatoms. The SMILES string of the molecule is COc1ccc(Cl)cc1C(=O)CCC(=O)NC(C)C(=O)O. The number of carbonyl (C=O) groups is 3. The van der Waals surface area contributed by atoms with E-state index in [0.717, 1.165) is 0 Å². The number of hydrogen-bond acceptors (Lipinski definition) is 4. The Morgan fingerprint density at radius 2 is 2.00 bits per heavy atom. The summed E-state index contributed by atoms with van der Waals surface area (Å²) in [5.74, 6) is -1.55. The monoisotopic (exact) mass is 313 g/mol. The van der Waals surface area contributed by atoms with Crippen LogP contribution < -0.4 is 10.1 Å². The lowest BCUT2D eigenvalue weighted by Crippen LogP contribution is -2.38. The standard InChI is InChI=1S/C14H16ClNO5/c1-8(14(19)20)16-13(18)6-4-11(17)10-7-9(15)3-5-12(10)21-2/h3,5,7-8H,4,6H2,1-2H3,(H,16,18)(H,19,20). The first-order valence-corrected chi connectivity index (χ1v) is 6.62. The van der Waals surface area contributed by atoms with Gasteiger partial charge < -0.3 is 15.2 Å². The zero-order chi connectivity index (χ0) is 16.0. The molecule has 0 saturated heterocycles. The topological polar surface area (TPSA) is 92.7 Å². The fourth-order valence-electron chi connectivity index (χ4n) is 1.64. The molecule has 6 nitrogen and oxygen atoms in total. The Hall–Kier alpha value is -2.08. The number of amides is 1. The maximum absolute atomic E-state index is 12.1. The molecule has 1 aromatic rings. The van der Waals surface area contributed by atoms with Crippen LogP contribution in [0.25, 0.3) is 0 Å². The van der Waals surface area contributed by atoms with E-state index in [0.29, 0.717) is 16.3 Å². The van der Waals surface area contributed by atoms with Gasteiger partial charge >= 0.3 is 5.97 Å². The summed E-state index contributed by atoms with van der Waals surface area (Å²) < 4.78 is 5.07. The van der Waals surface area contributed by atoms with Crippen LogP contribution in [0.15, 0.2) is 18.2 Å². The number of methoxy groups -OCH3 is 1. The van der Waals surface area contributed by atoms with Crippen molar-refractivity contribution < 1.29 is 24.2 Å². The van der Waals surface area contributed by atoms with Gasteiger partial charge in [-0.05, 0) is 25.1 Å². The van der Waals surface area contributed by atoms with Gasteiger partial charge in [0.2, 0.25) is 5.91 Å². The Morgan fingerprint density at radius 1 is 1.33 bits per heavy atom. The normalized spacial score (nSPS) is 11.6. The van der Waals surface area contributed by atoms with Crippen LogP contribution in [0.1, 0.15) is 30.1 Å². The van der Waals surface area contributed by atoms with E-state index in [1.165, 1.54) is 20.1 Å². The highest BCUT2D eigenvalue weighted by atomic mass is 35.5. The van der Waals surface area contributed by atoms with Crippen LogP contribution >= 0.6 is 11.6 Å². The summed E-state index contributed by atoms with van der Waals surface area (Å²) in [4.78, 5) is 34.2. The van der Waals surface area contributed by atoms with Crippen molar-refractivity contribution in [1.29, 1.82) is 0 Å². The molecule has 1 amide bonds. The maximum atomic E-state index is 12.1. The number of hydrogen-bond donors (Lipinski definition) is 2. The van der Waals surface area contributed by atoms with Gasteiger partial charge in [0.25, 0.3) is 0 Å². The molecular formula is C14H16ClNO5. The number of ketones is 1. The summed E-state index contributed by atoms with van der Waals surface area (Å²) >= 11 is 5.83. The molecule has 114 valence electrons.